The van der Waals surface area contributed by atoms with Gasteiger partial charge in [-0.2, -0.15) is 10.2 Å². The molecule has 8 rings (SSSR count). The number of pyridine rings is 2. The number of nitrogens with one attached hydrogen (secondary N) is 2. The maximum atomic E-state index is 13.1. The summed E-state index contributed by atoms with van der Waals surface area (Å²) in [5.74, 6) is -1.66. The molecule has 4 aromatic heterocycles. The summed E-state index contributed by atoms with van der Waals surface area (Å²) >= 11 is 0. The number of carbonyl (C=O) groups excluding carboxylic acids is 4. The predicted octanol–water partition coefficient (Wildman–Crippen LogP) is 9.37. The molecular weight excluding hydrogens is 929 g/mol. The summed E-state index contributed by atoms with van der Waals surface area (Å²) < 4.78 is 8.23. The summed E-state index contributed by atoms with van der Waals surface area (Å²) in [7, 11) is 3.42. The van der Waals surface area contributed by atoms with Gasteiger partial charge in [0.2, 0.25) is 5.91 Å². The van der Waals surface area contributed by atoms with Crippen LogP contribution < -0.4 is 31.9 Å². The molecule has 7 N–H and O–H groups in total. The Bertz CT molecular complexity index is 3330. The predicted molar refractivity (Wildman–Crippen MR) is 283 cm³/mol. The Labute approximate surface area is 421 Å². The number of aliphatic carboxylic acids is 1. The maximum Gasteiger partial charge on any atom is 0.408 e. The van der Waals surface area contributed by atoms with Crippen LogP contribution in [0.5, 0.6) is 0 Å². The van der Waals surface area contributed by atoms with Gasteiger partial charge < -0.3 is 41.7 Å². The molecule has 0 radical (unpaired) electrons. The van der Waals surface area contributed by atoms with Crippen LogP contribution in [-0.4, -0.2) is 86.9 Å². The van der Waals surface area contributed by atoms with Gasteiger partial charge in [0.05, 0.1) is 43.1 Å². The topological polar surface area (TPSA) is 241 Å². The summed E-state index contributed by atoms with van der Waals surface area (Å²) in [5, 5.41) is 21.7. The number of nitrogens with two attached hydrogens (primary N) is 2. The molecule has 4 heterocycles. The van der Waals surface area contributed by atoms with Gasteiger partial charge in [-0.25, -0.2) is 23.5 Å². The van der Waals surface area contributed by atoms with E-state index in [9.17, 15) is 24.0 Å². The quantitative estimate of drug-likeness (QED) is 0.0639. The molecule has 4 amide bonds. The third-order valence-electron chi connectivity index (χ3n) is 10.5. The SMILES string of the molecule is C.CC(C)(C)OC(=O)NCC(=O)O.[C-]#[N+]c1ccc(N(C)C(=O)c2ccn3ncc(-c4ccc(N)cc4)c3c2)cc1.[C-]#[N+]c1ccc(N(C)C(=O)c2ccn3ncc(-c4ccc(NC(=O)CN)cc4)c3c2)cc1. The summed E-state index contributed by atoms with van der Waals surface area (Å²) in [5.41, 5.74) is 20.7. The van der Waals surface area contributed by atoms with Crippen LogP contribution in [0.1, 0.15) is 48.9 Å². The van der Waals surface area contributed by atoms with Crippen molar-refractivity contribution in [3.63, 3.8) is 0 Å². The number of nitrogen functional groups attached to an aromatic ring is 1. The Morgan fingerprint density at radius 3 is 1.49 bits per heavy atom. The molecule has 0 saturated carbocycles. The van der Waals surface area contributed by atoms with Gasteiger partial charge in [-0.1, -0.05) is 56.0 Å². The second-order valence-corrected chi connectivity index (χ2v) is 16.8. The monoisotopic (exact) mass is 982 g/mol. The maximum absolute atomic E-state index is 13.1. The second-order valence-electron chi connectivity index (χ2n) is 16.8. The number of carboxylic acids is 1. The number of carboxylic acid groups (broad SMARTS) is 1. The van der Waals surface area contributed by atoms with E-state index in [0.29, 0.717) is 39.6 Å². The number of aromatic nitrogens is 4. The van der Waals surface area contributed by atoms with Crippen LogP contribution >= 0.6 is 0 Å². The molecule has 19 nitrogen and oxygen atoms in total. The third kappa shape index (κ3) is 14.1. The molecule has 0 aliphatic rings. The molecule has 372 valence electrons. The highest BCUT2D eigenvalue weighted by Gasteiger charge is 2.19. The van der Waals surface area contributed by atoms with Crippen molar-refractivity contribution in [3.8, 4) is 22.3 Å². The molecule has 73 heavy (non-hydrogen) atoms. The van der Waals surface area contributed by atoms with Gasteiger partial charge in [-0.3, -0.25) is 19.2 Å². The molecule has 0 saturated heterocycles. The van der Waals surface area contributed by atoms with Crippen molar-refractivity contribution < 1.29 is 33.8 Å². The van der Waals surface area contributed by atoms with E-state index in [-0.39, 0.29) is 31.7 Å². The minimum Gasteiger partial charge on any atom is -0.480 e. The number of amides is 4. The van der Waals surface area contributed by atoms with Crippen LogP contribution in [0.15, 0.2) is 146 Å². The number of benzene rings is 4. The van der Waals surface area contributed by atoms with E-state index in [2.05, 4.69) is 30.5 Å². The Morgan fingerprint density at radius 1 is 0.685 bits per heavy atom. The zero-order valence-corrected chi connectivity index (χ0v) is 39.9. The normalized spacial score (nSPS) is 10.4. The molecule has 4 aromatic carbocycles. The summed E-state index contributed by atoms with van der Waals surface area (Å²) in [6, 6.07) is 35.8. The highest BCUT2D eigenvalue weighted by atomic mass is 16.6. The van der Waals surface area contributed by atoms with Gasteiger partial charge in [0, 0.05) is 71.5 Å². The number of fused-ring (bicyclic) bond motifs is 2. The zero-order valence-electron chi connectivity index (χ0n) is 39.9. The first kappa shape index (κ1) is 54.1. The molecular formula is C54H54N12O7. The van der Waals surface area contributed by atoms with E-state index >= 15 is 0 Å². The summed E-state index contributed by atoms with van der Waals surface area (Å²) in [6.45, 7) is 18.7. The molecule has 0 fully saturated rings. The van der Waals surface area contributed by atoms with Crippen molar-refractivity contribution in [2.75, 3.05) is 48.0 Å². The minimum atomic E-state index is -1.10. The lowest BCUT2D eigenvalue weighted by Crippen LogP contribution is -2.35. The van der Waals surface area contributed by atoms with Crippen LogP contribution in [0.4, 0.5) is 38.9 Å². The zero-order chi connectivity index (χ0) is 52.1. The average molecular weight is 983 g/mol. The van der Waals surface area contributed by atoms with Gasteiger partial charge in [0.25, 0.3) is 11.8 Å². The van der Waals surface area contributed by atoms with E-state index in [4.69, 9.17) is 34.5 Å². The third-order valence-corrected chi connectivity index (χ3v) is 10.5. The lowest BCUT2D eigenvalue weighted by atomic mass is 10.1. The fraction of sp³-hybridized carbons (Fsp3) is 0.167. The Kier molecular flexibility index (Phi) is 17.9. The van der Waals surface area contributed by atoms with Crippen molar-refractivity contribution in [1.82, 2.24) is 24.5 Å². The van der Waals surface area contributed by atoms with Gasteiger partial charge in [-0.05, 0) is 105 Å². The highest BCUT2D eigenvalue weighted by Crippen LogP contribution is 2.29. The van der Waals surface area contributed by atoms with Gasteiger partial charge >= 0.3 is 12.1 Å². The number of carbonyl (C=O) groups is 5. The standard InChI is InChI=1S/C24H20N6O2.C22H17N5O.C7H13NO4.CH4/c1-26-18-7-9-20(10-8-18)29(2)24(32)17-11-12-30-22(13-17)21(15-27-30)16-3-5-19(6-4-16)28-23(31)14-25;1-24-18-7-9-19(10-8-18)26(2)22(28)16-11-12-27-21(13-16)20(14-25-27)15-3-5-17(23)6-4-15;1-7(2,3)12-6(11)8-4-5(9)10;/h3-13,15H,14,25H2,2H3,(H,28,31);3-14H,23H2,2H3;4H2,1-3H3,(H,8,11)(H,9,10);1H4. The smallest absolute Gasteiger partial charge is 0.408 e. The Balaban J connectivity index is 0.000000221. The fourth-order valence-corrected chi connectivity index (χ4v) is 6.87. The van der Waals surface area contributed by atoms with E-state index in [1.165, 1.54) is 0 Å². The average Bonchev–Trinajstić information content (AvgIpc) is 4.02. The first-order valence-corrected chi connectivity index (χ1v) is 22.0. The number of hydrogen-bond acceptors (Lipinski definition) is 10. The van der Waals surface area contributed by atoms with Crippen LogP contribution in [0.3, 0.4) is 0 Å². The molecule has 0 unspecified atom stereocenters. The molecule has 0 spiro atoms. The van der Waals surface area contributed by atoms with Crippen LogP contribution in [0, 0.1) is 13.1 Å². The highest BCUT2D eigenvalue weighted by molar-refractivity contribution is 6.08. The van der Waals surface area contributed by atoms with Gasteiger partial charge in [0.15, 0.2) is 11.4 Å². The van der Waals surface area contributed by atoms with Crippen molar-refractivity contribution >= 4 is 74.9 Å². The molecule has 8 aromatic rings. The minimum absolute atomic E-state index is 0. The lowest BCUT2D eigenvalue weighted by molar-refractivity contribution is -0.136. The Morgan fingerprint density at radius 2 is 1.11 bits per heavy atom. The van der Waals surface area contributed by atoms with E-state index < -0.39 is 24.2 Å². The first-order chi connectivity index (χ1) is 34.4. The van der Waals surface area contributed by atoms with Crippen molar-refractivity contribution in [3.05, 3.63) is 180 Å². The van der Waals surface area contributed by atoms with Crippen molar-refractivity contribution in [2.45, 2.75) is 33.8 Å². The number of rotatable bonds is 10. The Hall–Kier alpha value is -9.85. The van der Waals surface area contributed by atoms with Crippen LogP contribution in [-0.2, 0) is 14.3 Å². The largest absolute Gasteiger partial charge is 0.480 e. The molecule has 19 heteroatoms. The number of anilines is 4. The number of alkyl carbamates (subject to hydrolysis) is 1. The summed E-state index contributed by atoms with van der Waals surface area (Å²) in [4.78, 5) is 68.1. The molecule has 0 bridgehead atoms. The number of hydrogen-bond donors (Lipinski definition) is 5. The van der Waals surface area contributed by atoms with Crippen molar-refractivity contribution in [1.29, 1.82) is 0 Å². The molecule has 0 aliphatic heterocycles. The van der Waals surface area contributed by atoms with Crippen LogP contribution in [0.25, 0.3) is 43.0 Å². The lowest BCUT2D eigenvalue weighted by Gasteiger charge is -2.19. The summed E-state index contributed by atoms with van der Waals surface area (Å²) in [6.07, 6.45) is 6.33. The first-order valence-electron chi connectivity index (χ1n) is 22.0. The van der Waals surface area contributed by atoms with E-state index in [0.717, 1.165) is 39.0 Å². The van der Waals surface area contributed by atoms with E-state index in [1.807, 2.05) is 42.5 Å². The molecule has 0 aliphatic carbocycles. The van der Waals surface area contributed by atoms with Gasteiger partial charge in [-0.15, -0.1) is 0 Å². The second kappa shape index (κ2) is 24.1. The number of ether oxygens (including phenoxy) is 1. The fourth-order valence-electron chi connectivity index (χ4n) is 6.87. The van der Waals surface area contributed by atoms with Crippen molar-refractivity contribution in [2.24, 2.45) is 5.73 Å². The van der Waals surface area contributed by atoms with Gasteiger partial charge in [0.1, 0.15) is 12.1 Å². The van der Waals surface area contributed by atoms with E-state index in [1.54, 1.807) is 157 Å². The van der Waals surface area contributed by atoms with Crippen LogP contribution in [0.2, 0.25) is 0 Å². The molecule has 0 atom stereocenters. The number of nitrogens with zero attached hydrogens (tertiary/aromatic N) is 8.